The Hall–Kier alpha value is -4.21. The minimum Gasteiger partial charge on any atom is -0.475 e. The van der Waals surface area contributed by atoms with Crippen LogP contribution in [0.15, 0.2) is 78.9 Å². The van der Waals surface area contributed by atoms with Gasteiger partial charge in [0.2, 0.25) is 6.10 Å². The van der Waals surface area contributed by atoms with Gasteiger partial charge in [-0.05, 0) is 42.5 Å². The molecule has 5 rings (SSSR count). The van der Waals surface area contributed by atoms with Gasteiger partial charge in [0.15, 0.2) is 0 Å². The number of rotatable bonds is 7. The number of ether oxygens (including phenoxy) is 2. The summed E-state index contributed by atoms with van der Waals surface area (Å²) in [6, 6.07) is 23.5. The number of nitrogens with one attached hydrogen (secondary N) is 2. The molecule has 37 heavy (non-hydrogen) atoms. The summed E-state index contributed by atoms with van der Waals surface area (Å²) < 4.78 is 12.5. The van der Waals surface area contributed by atoms with Gasteiger partial charge in [-0.25, -0.2) is 0 Å². The Morgan fingerprint density at radius 2 is 1.73 bits per heavy atom. The number of amides is 2. The van der Waals surface area contributed by atoms with Gasteiger partial charge in [-0.15, -0.1) is 11.3 Å². The number of benzene rings is 3. The number of nitrogens with two attached hydrogens (primary N) is 1. The zero-order chi connectivity index (χ0) is 25.8. The summed E-state index contributed by atoms with van der Waals surface area (Å²) in [5.41, 5.74) is 7.49. The van der Waals surface area contributed by atoms with E-state index in [0.29, 0.717) is 53.7 Å². The molecule has 0 spiro atoms. The number of fused-ring (bicyclic) bond motifs is 1. The molecule has 9 heteroatoms. The van der Waals surface area contributed by atoms with Gasteiger partial charge in [0, 0.05) is 40.0 Å². The first-order valence-corrected chi connectivity index (χ1v) is 12.7. The summed E-state index contributed by atoms with van der Waals surface area (Å²) in [4.78, 5) is 28.6. The van der Waals surface area contributed by atoms with E-state index < -0.39 is 6.10 Å². The van der Waals surface area contributed by atoms with Crippen molar-refractivity contribution in [1.29, 1.82) is 5.41 Å². The van der Waals surface area contributed by atoms with E-state index in [4.69, 9.17) is 20.6 Å². The van der Waals surface area contributed by atoms with Crippen molar-refractivity contribution in [2.45, 2.75) is 6.10 Å². The number of anilines is 1. The van der Waals surface area contributed by atoms with Crippen molar-refractivity contribution in [2.24, 2.45) is 5.73 Å². The first-order chi connectivity index (χ1) is 18.0. The molecule has 1 unspecified atom stereocenters. The highest BCUT2D eigenvalue weighted by atomic mass is 32.1. The van der Waals surface area contributed by atoms with Crippen LogP contribution >= 0.6 is 11.3 Å². The lowest BCUT2D eigenvalue weighted by Gasteiger charge is -2.27. The lowest BCUT2D eigenvalue weighted by atomic mass is 10.1. The van der Waals surface area contributed by atoms with Gasteiger partial charge in [0.1, 0.15) is 11.6 Å². The van der Waals surface area contributed by atoms with Crippen molar-refractivity contribution in [3.8, 4) is 5.75 Å². The van der Waals surface area contributed by atoms with Crippen LogP contribution in [0.2, 0.25) is 0 Å². The molecule has 1 atom stereocenters. The Bertz CT molecular complexity index is 1430. The molecule has 1 aliphatic rings. The fraction of sp³-hybridized carbons (Fsp3) is 0.179. The van der Waals surface area contributed by atoms with Gasteiger partial charge < -0.3 is 25.4 Å². The highest BCUT2D eigenvalue weighted by Crippen LogP contribution is 2.35. The second-order valence-corrected chi connectivity index (χ2v) is 9.66. The van der Waals surface area contributed by atoms with Crippen LogP contribution in [0.3, 0.4) is 0 Å². The number of hydrogen-bond acceptors (Lipinski definition) is 6. The zero-order valence-electron chi connectivity index (χ0n) is 20.0. The number of nitrogens with zero attached hydrogens (tertiary/aromatic N) is 1. The molecule has 2 heterocycles. The Balaban J connectivity index is 1.37. The second kappa shape index (κ2) is 10.8. The van der Waals surface area contributed by atoms with E-state index in [1.165, 1.54) is 11.3 Å². The van der Waals surface area contributed by atoms with E-state index in [0.717, 1.165) is 10.1 Å². The molecular formula is C28H26N4O4S. The number of morpholine rings is 1. The molecule has 1 aromatic heterocycles. The van der Waals surface area contributed by atoms with Crippen LogP contribution < -0.4 is 15.8 Å². The summed E-state index contributed by atoms with van der Waals surface area (Å²) in [6.45, 7) is 2.21. The van der Waals surface area contributed by atoms with Crippen molar-refractivity contribution in [2.75, 3.05) is 31.6 Å². The van der Waals surface area contributed by atoms with Crippen molar-refractivity contribution in [3.05, 3.63) is 94.9 Å². The fourth-order valence-corrected chi connectivity index (χ4v) is 5.09. The standard InChI is InChI=1S/C28H26N4O4S/c29-26(30)24-17-21-22(7-4-8-23(21)37-24)36-25(18-5-2-1-3-6-18)27(33)31-20-11-9-19(10-12-20)28(34)32-13-15-35-16-14-32/h1-12,17,25H,13-16H2,(H3,29,30)(H,31,33). The highest BCUT2D eigenvalue weighted by Gasteiger charge is 2.25. The molecule has 3 aromatic carbocycles. The molecule has 0 saturated carbocycles. The van der Waals surface area contributed by atoms with E-state index in [1.54, 1.807) is 35.2 Å². The third kappa shape index (κ3) is 5.47. The van der Waals surface area contributed by atoms with Crippen LogP contribution in [-0.4, -0.2) is 48.9 Å². The van der Waals surface area contributed by atoms with Crippen LogP contribution in [0.4, 0.5) is 5.69 Å². The van der Waals surface area contributed by atoms with Gasteiger partial charge in [-0.3, -0.25) is 15.0 Å². The van der Waals surface area contributed by atoms with Crippen molar-refractivity contribution < 1.29 is 19.1 Å². The molecule has 0 aliphatic carbocycles. The predicted octanol–water partition coefficient (Wildman–Crippen LogP) is 4.42. The molecule has 0 bridgehead atoms. The molecular weight excluding hydrogens is 488 g/mol. The molecule has 1 aliphatic heterocycles. The third-order valence-electron chi connectivity index (χ3n) is 6.07. The smallest absolute Gasteiger partial charge is 0.270 e. The Kier molecular flexibility index (Phi) is 7.16. The van der Waals surface area contributed by atoms with Gasteiger partial charge in [0.05, 0.1) is 18.1 Å². The normalized spacial score (nSPS) is 14.2. The third-order valence-corrected chi connectivity index (χ3v) is 7.20. The van der Waals surface area contributed by atoms with Gasteiger partial charge in [0.25, 0.3) is 11.8 Å². The van der Waals surface area contributed by atoms with E-state index >= 15 is 0 Å². The zero-order valence-corrected chi connectivity index (χ0v) is 20.8. The lowest BCUT2D eigenvalue weighted by molar-refractivity contribution is -0.123. The van der Waals surface area contributed by atoms with Crippen LogP contribution in [0.5, 0.6) is 5.75 Å². The molecule has 8 nitrogen and oxygen atoms in total. The van der Waals surface area contributed by atoms with E-state index in [2.05, 4.69) is 5.32 Å². The second-order valence-electron chi connectivity index (χ2n) is 8.57. The van der Waals surface area contributed by atoms with Crippen molar-refractivity contribution in [3.63, 3.8) is 0 Å². The molecule has 4 N–H and O–H groups in total. The van der Waals surface area contributed by atoms with E-state index in [-0.39, 0.29) is 17.6 Å². The minimum atomic E-state index is -0.929. The molecule has 0 radical (unpaired) electrons. The summed E-state index contributed by atoms with van der Waals surface area (Å²) in [5, 5.41) is 11.5. The van der Waals surface area contributed by atoms with E-state index in [9.17, 15) is 9.59 Å². The van der Waals surface area contributed by atoms with Crippen LogP contribution in [-0.2, 0) is 9.53 Å². The predicted molar refractivity (Wildman–Crippen MR) is 144 cm³/mol. The first-order valence-electron chi connectivity index (χ1n) is 11.9. The maximum Gasteiger partial charge on any atom is 0.270 e. The van der Waals surface area contributed by atoms with Gasteiger partial charge in [-0.2, -0.15) is 0 Å². The minimum absolute atomic E-state index is 0.0138. The van der Waals surface area contributed by atoms with Crippen LogP contribution in [0.25, 0.3) is 10.1 Å². The topological polar surface area (TPSA) is 118 Å². The molecule has 188 valence electrons. The number of nitrogen functional groups attached to an aromatic ring is 1. The van der Waals surface area contributed by atoms with Crippen molar-refractivity contribution in [1.82, 2.24) is 4.90 Å². The SMILES string of the molecule is N=C(N)c1cc2c(OC(C(=O)Nc3ccc(C(=O)N4CCOCC4)cc3)c3ccccc3)cccc2s1. The maximum atomic E-state index is 13.5. The summed E-state index contributed by atoms with van der Waals surface area (Å²) in [6.07, 6.45) is -0.929. The van der Waals surface area contributed by atoms with Crippen LogP contribution in [0, 0.1) is 5.41 Å². The fourth-order valence-electron chi connectivity index (χ4n) is 4.15. The average molecular weight is 515 g/mol. The Labute approximate surface area is 218 Å². The number of hydrogen-bond donors (Lipinski definition) is 3. The molecule has 4 aromatic rings. The lowest BCUT2D eigenvalue weighted by Crippen LogP contribution is -2.40. The van der Waals surface area contributed by atoms with Gasteiger partial charge in [-0.1, -0.05) is 36.4 Å². The number of amidine groups is 1. The maximum absolute atomic E-state index is 13.5. The average Bonchev–Trinajstić information content (AvgIpc) is 3.38. The van der Waals surface area contributed by atoms with E-state index in [1.807, 2.05) is 48.5 Å². The van der Waals surface area contributed by atoms with Crippen LogP contribution in [0.1, 0.15) is 26.9 Å². The summed E-state index contributed by atoms with van der Waals surface area (Å²) in [5.74, 6) is 0.106. The Morgan fingerprint density at radius 1 is 1.00 bits per heavy atom. The highest BCUT2D eigenvalue weighted by molar-refractivity contribution is 7.20. The molecule has 1 fully saturated rings. The number of carbonyl (C=O) groups excluding carboxylic acids is 2. The summed E-state index contributed by atoms with van der Waals surface area (Å²) >= 11 is 1.40. The quantitative estimate of drug-likeness (QED) is 0.249. The Morgan fingerprint density at radius 3 is 2.43 bits per heavy atom. The number of carbonyl (C=O) groups is 2. The largest absolute Gasteiger partial charge is 0.475 e. The van der Waals surface area contributed by atoms with Gasteiger partial charge >= 0.3 is 0 Å². The summed E-state index contributed by atoms with van der Waals surface area (Å²) in [7, 11) is 0. The monoisotopic (exact) mass is 514 g/mol. The number of thiophene rings is 1. The first kappa shape index (κ1) is 24.5. The van der Waals surface area contributed by atoms with Crippen molar-refractivity contribution >= 4 is 44.8 Å². The molecule has 1 saturated heterocycles. The molecule has 2 amide bonds.